The molecule has 1 amide bonds. The lowest BCUT2D eigenvalue weighted by Gasteiger charge is -2.41. The highest BCUT2D eigenvalue weighted by molar-refractivity contribution is 5.87. The van der Waals surface area contributed by atoms with Gasteiger partial charge in [-0.15, -0.1) is 0 Å². The van der Waals surface area contributed by atoms with Gasteiger partial charge in [0.2, 0.25) is 0 Å². The molecule has 0 bridgehead atoms. The van der Waals surface area contributed by atoms with E-state index >= 15 is 0 Å². The predicted molar refractivity (Wildman–Crippen MR) is 118 cm³/mol. The van der Waals surface area contributed by atoms with Crippen LogP contribution in [0.25, 0.3) is 0 Å². The number of halogens is 1. The lowest BCUT2D eigenvalue weighted by Crippen LogP contribution is -2.58. The van der Waals surface area contributed by atoms with Gasteiger partial charge in [-0.3, -0.25) is 4.79 Å². The molecule has 2 aromatic rings. The van der Waals surface area contributed by atoms with E-state index < -0.39 is 11.4 Å². The first-order valence-electron chi connectivity index (χ1n) is 10.9. The Kier molecular flexibility index (Phi) is 6.23. The zero-order valence-corrected chi connectivity index (χ0v) is 17.6. The molecule has 1 heterocycles. The number of nitrogens with two attached hydrogens (primary N) is 1. The summed E-state index contributed by atoms with van der Waals surface area (Å²) in [5, 5.41) is 11.7. The number of carbonyl (C=O) groups is 1. The van der Waals surface area contributed by atoms with E-state index in [9.17, 15) is 14.3 Å². The van der Waals surface area contributed by atoms with Crippen LogP contribution in [-0.4, -0.2) is 53.0 Å². The van der Waals surface area contributed by atoms with E-state index in [1.165, 1.54) is 6.07 Å². The topological polar surface area (TPSA) is 82.2 Å². The number of para-hydroxylation sites is 1. The van der Waals surface area contributed by atoms with Gasteiger partial charge in [0.25, 0.3) is 5.91 Å². The van der Waals surface area contributed by atoms with E-state index in [1.54, 1.807) is 23.1 Å². The van der Waals surface area contributed by atoms with Gasteiger partial charge < -0.3 is 20.6 Å². The van der Waals surface area contributed by atoms with Gasteiger partial charge in [0.05, 0.1) is 0 Å². The normalized spacial score (nSPS) is 20.0. The Morgan fingerprint density at radius 3 is 2.19 bits per heavy atom. The number of carbonyl (C=O) groups excluding carboxylic acids is 1. The fourth-order valence-electron chi connectivity index (χ4n) is 4.69. The minimum atomic E-state index is -1.51. The lowest BCUT2D eigenvalue weighted by molar-refractivity contribution is -0.160. The molecule has 2 aromatic carbocycles. The molecule has 2 aliphatic rings. The number of piperazine rings is 1. The van der Waals surface area contributed by atoms with Crippen molar-refractivity contribution in [3.8, 4) is 0 Å². The third-order valence-electron chi connectivity index (χ3n) is 6.46. The standard InChI is InChI=1S/C24H29FN4O2/c25-20-12-6-7-13-21(20)27-23(26)29-16-14-28(15-17-29)22(30)24(31,19-10-4-5-11-19)18-8-2-1-3-9-18/h1-3,6-9,12-13,19,31H,4-5,10-11,14-17H2,(H2,26,27). The van der Waals surface area contributed by atoms with Crippen molar-refractivity contribution in [2.45, 2.75) is 31.3 Å². The first-order chi connectivity index (χ1) is 15.0. The van der Waals surface area contributed by atoms with Crippen molar-refractivity contribution in [1.82, 2.24) is 9.80 Å². The van der Waals surface area contributed by atoms with Crippen LogP contribution in [-0.2, 0) is 10.4 Å². The molecule has 1 saturated heterocycles. The highest BCUT2D eigenvalue weighted by Gasteiger charge is 2.48. The van der Waals surface area contributed by atoms with Crippen molar-refractivity contribution < 1.29 is 14.3 Å². The number of guanidine groups is 1. The summed E-state index contributed by atoms with van der Waals surface area (Å²) in [6.07, 6.45) is 3.76. The number of aliphatic imine (C=N–C) groups is 1. The van der Waals surface area contributed by atoms with Gasteiger partial charge >= 0.3 is 0 Å². The molecular weight excluding hydrogens is 395 g/mol. The van der Waals surface area contributed by atoms with Crippen LogP contribution < -0.4 is 5.73 Å². The molecule has 0 radical (unpaired) electrons. The third-order valence-corrected chi connectivity index (χ3v) is 6.46. The summed E-state index contributed by atoms with van der Waals surface area (Å²) in [5.41, 5.74) is 5.45. The van der Waals surface area contributed by atoms with Crippen molar-refractivity contribution in [1.29, 1.82) is 0 Å². The summed E-state index contributed by atoms with van der Waals surface area (Å²) in [5.74, 6) is -0.516. The minimum absolute atomic E-state index is 0.0758. The molecule has 4 rings (SSSR count). The van der Waals surface area contributed by atoms with Gasteiger partial charge in [-0.1, -0.05) is 55.3 Å². The van der Waals surface area contributed by atoms with E-state index in [0.717, 1.165) is 25.7 Å². The highest BCUT2D eigenvalue weighted by atomic mass is 19.1. The molecule has 1 aliphatic heterocycles. The number of nitrogens with zero attached hydrogens (tertiary/aromatic N) is 3. The van der Waals surface area contributed by atoms with Crippen molar-refractivity contribution in [3.05, 3.63) is 66.0 Å². The Balaban J connectivity index is 1.48. The number of amides is 1. The Morgan fingerprint density at radius 1 is 0.968 bits per heavy atom. The average molecular weight is 425 g/mol. The summed E-state index contributed by atoms with van der Waals surface area (Å²) in [6, 6.07) is 15.5. The fourth-order valence-corrected chi connectivity index (χ4v) is 4.69. The van der Waals surface area contributed by atoms with E-state index in [2.05, 4.69) is 4.99 Å². The second-order valence-corrected chi connectivity index (χ2v) is 8.31. The molecule has 0 spiro atoms. The van der Waals surface area contributed by atoms with Gasteiger partial charge in [-0.2, -0.15) is 0 Å². The quantitative estimate of drug-likeness (QED) is 0.584. The monoisotopic (exact) mass is 424 g/mol. The second kappa shape index (κ2) is 9.06. The smallest absolute Gasteiger partial charge is 0.259 e. The molecule has 164 valence electrons. The molecule has 31 heavy (non-hydrogen) atoms. The molecular formula is C24H29FN4O2. The molecule has 6 nitrogen and oxygen atoms in total. The zero-order chi connectivity index (χ0) is 21.8. The summed E-state index contributed by atoms with van der Waals surface area (Å²) < 4.78 is 13.9. The lowest BCUT2D eigenvalue weighted by atomic mass is 9.79. The maximum atomic E-state index is 13.9. The van der Waals surface area contributed by atoms with Gasteiger partial charge in [0, 0.05) is 32.1 Å². The number of hydrogen-bond donors (Lipinski definition) is 2. The minimum Gasteiger partial charge on any atom is -0.375 e. The van der Waals surface area contributed by atoms with Crippen LogP contribution in [0.1, 0.15) is 31.2 Å². The van der Waals surface area contributed by atoms with Gasteiger partial charge in [-0.25, -0.2) is 9.38 Å². The SMILES string of the molecule is NC(=Nc1ccccc1F)N1CCN(C(=O)C(O)(c2ccccc2)C2CCCC2)CC1. The maximum Gasteiger partial charge on any atom is 0.259 e. The first-order valence-corrected chi connectivity index (χ1v) is 10.9. The Hall–Kier alpha value is -2.93. The molecule has 1 aliphatic carbocycles. The molecule has 1 atom stereocenters. The molecule has 3 N–H and O–H groups in total. The summed E-state index contributed by atoms with van der Waals surface area (Å²) in [6.45, 7) is 1.80. The number of benzene rings is 2. The van der Waals surface area contributed by atoms with Crippen LogP contribution in [0, 0.1) is 11.7 Å². The van der Waals surface area contributed by atoms with E-state index in [-0.39, 0.29) is 23.5 Å². The van der Waals surface area contributed by atoms with Crippen LogP contribution in [0.4, 0.5) is 10.1 Å². The van der Waals surface area contributed by atoms with Crippen LogP contribution in [0.5, 0.6) is 0 Å². The number of aliphatic hydroxyl groups is 1. The summed E-state index contributed by atoms with van der Waals surface area (Å²) in [4.78, 5) is 21.3. The van der Waals surface area contributed by atoms with Crippen LogP contribution >= 0.6 is 0 Å². The zero-order valence-electron chi connectivity index (χ0n) is 17.6. The predicted octanol–water partition coefficient (Wildman–Crippen LogP) is 2.99. The first kappa shape index (κ1) is 21.3. The molecule has 0 aromatic heterocycles. The second-order valence-electron chi connectivity index (χ2n) is 8.31. The van der Waals surface area contributed by atoms with Crippen molar-refractivity contribution in [2.75, 3.05) is 26.2 Å². The maximum absolute atomic E-state index is 13.9. The van der Waals surface area contributed by atoms with Crippen molar-refractivity contribution in [3.63, 3.8) is 0 Å². The molecule has 1 unspecified atom stereocenters. The largest absolute Gasteiger partial charge is 0.375 e. The van der Waals surface area contributed by atoms with E-state index in [1.807, 2.05) is 35.2 Å². The van der Waals surface area contributed by atoms with Crippen molar-refractivity contribution >= 4 is 17.6 Å². The summed E-state index contributed by atoms with van der Waals surface area (Å²) in [7, 11) is 0. The average Bonchev–Trinajstić information content (AvgIpc) is 3.36. The fraction of sp³-hybridized carbons (Fsp3) is 0.417. The number of rotatable bonds is 4. The Morgan fingerprint density at radius 2 is 1.55 bits per heavy atom. The third kappa shape index (κ3) is 4.28. The number of hydrogen-bond acceptors (Lipinski definition) is 3. The van der Waals surface area contributed by atoms with Crippen LogP contribution in [0.3, 0.4) is 0 Å². The highest BCUT2D eigenvalue weighted by Crippen LogP contribution is 2.42. The van der Waals surface area contributed by atoms with Gasteiger partial charge in [-0.05, 0) is 30.5 Å². The molecule has 1 saturated carbocycles. The molecule has 7 heteroatoms. The van der Waals surface area contributed by atoms with Gasteiger partial charge in [0.1, 0.15) is 11.5 Å². The molecule has 2 fully saturated rings. The van der Waals surface area contributed by atoms with Crippen LogP contribution in [0.15, 0.2) is 59.6 Å². The van der Waals surface area contributed by atoms with E-state index in [0.29, 0.717) is 31.7 Å². The Bertz CT molecular complexity index is 938. The summed E-state index contributed by atoms with van der Waals surface area (Å²) >= 11 is 0. The van der Waals surface area contributed by atoms with Crippen molar-refractivity contribution in [2.24, 2.45) is 16.6 Å². The van der Waals surface area contributed by atoms with E-state index in [4.69, 9.17) is 5.73 Å². The Labute approximate surface area is 182 Å². The van der Waals surface area contributed by atoms with Gasteiger partial charge in [0.15, 0.2) is 11.6 Å². The van der Waals surface area contributed by atoms with Crippen LogP contribution in [0.2, 0.25) is 0 Å².